The highest BCUT2D eigenvalue weighted by Crippen LogP contribution is 2.22. The fourth-order valence-corrected chi connectivity index (χ4v) is 1.95. The molecular weight excluding hydrogens is 268 g/mol. The molecule has 0 radical (unpaired) electrons. The van der Waals surface area contributed by atoms with Gasteiger partial charge in [0.25, 0.3) is 5.69 Å². The van der Waals surface area contributed by atoms with E-state index in [0.717, 1.165) is 5.69 Å². The van der Waals surface area contributed by atoms with Gasteiger partial charge in [-0.3, -0.25) is 14.8 Å². The number of aryl methyl sites for hydroxylation is 1. The maximum atomic E-state index is 10.9. The van der Waals surface area contributed by atoms with Gasteiger partial charge in [-0.15, -0.1) is 0 Å². The Bertz CT molecular complexity index is 597. The molecule has 0 fully saturated rings. The van der Waals surface area contributed by atoms with Gasteiger partial charge in [0.2, 0.25) is 0 Å². The number of nitrogens with one attached hydrogen (secondary N) is 1. The van der Waals surface area contributed by atoms with Crippen LogP contribution in [-0.4, -0.2) is 14.7 Å². The van der Waals surface area contributed by atoms with Gasteiger partial charge in [-0.2, -0.15) is 5.10 Å². The molecule has 0 saturated carbocycles. The molecule has 0 aliphatic carbocycles. The van der Waals surface area contributed by atoms with Crippen molar-refractivity contribution >= 4 is 17.3 Å². The zero-order valence-electron chi connectivity index (χ0n) is 10.3. The Labute approximate surface area is 115 Å². The average Bonchev–Trinajstić information content (AvgIpc) is 2.75. The second kappa shape index (κ2) is 5.81. The highest BCUT2D eigenvalue weighted by atomic mass is 35.5. The Morgan fingerprint density at radius 1 is 1.42 bits per heavy atom. The molecule has 0 bridgehead atoms. The third-order valence-electron chi connectivity index (χ3n) is 2.63. The van der Waals surface area contributed by atoms with Crippen LogP contribution in [-0.2, 0) is 20.1 Å². The lowest BCUT2D eigenvalue weighted by Gasteiger charge is -2.05. The maximum Gasteiger partial charge on any atom is 0.273 e. The van der Waals surface area contributed by atoms with E-state index in [9.17, 15) is 10.1 Å². The summed E-state index contributed by atoms with van der Waals surface area (Å²) in [6.45, 7) is 0.915. The monoisotopic (exact) mass is 280 g/mol. The van der Waals surface area contributed by atoms with Crippen molar-refractivity contribution in [2.45, 2.75) is 13.1 Å². The van der Waals surface area contributed by atoms with E-state index in [1.807, 2.05) is 19.3 Å². The van der Waals surface area contributed by atoms with Crippen LogP contribution in [0.2, 0.25) is 5.02 Å². The Morgan fingerprint density at radius 2 is 2.21 bits per heavy atom. The molecule has 0 atom stereocenters. The van der Waals surface area contributed by atoms with Gasteiger partial charge < -0.3 is 5.32 Å². The number of nitrogens with zero attached hydrogens (tertiary/aromatic N) is 3. The van der Waals surface area contributed by atoms with E-state index in [0.29, 0.717) is 23.7 Å². The summed E-state index contributed by atoms with van der Waals surface area (Å²) in [5, 5.41) is 18.7. The average molecular weight is 281 g/mol. The first-order valence-electron chi connectivity index (χ1n) is 5.68. The fraction of sp³-hybridized carbons (Fsp3) is 0.250. The third-order valence-corrected chi connectivity index (χ3v) is 2.86. The SMILES string of the molecule is Cn1ccc(CNCc2cc(Cl)ccc2[N+](=O)[O-])n1. The van der Waals surface area contributed by atoms with Crippen LogP contribution >= 0.6 is 11.6 Å². The number of halogens is 1. The van der Waals surface area contributed by atoms with Crippen LogP contribution in [0.1, 0.15) is 11.3 Å². The maximum absolute atomic E-state index is 10.9. The van der Waals surface area contributed by atoms with Gasteiger partial charge in [-0.25, -0.2) is 0 Å². The van der Waals surface area contributed by atoms with E-state index in [1.54, 1.807) is 10.7 Å². The standard InChI is InChI=1S/C12H13ClN4O2/c1-16-5-4-11(15-16)8-14-7-9-6-10(13)2-3-12(9)17(18)19/h2-6,14H,7-8H2,1H3. The van der Waals surface area contributed by atoms with Crippen LogP contribution in [0.3, 0.4) is 0 Å². The Morgan fingerprint density at radius 3 is 2.84 bits per heavy atom. The molecular formula is C12H13ClN4O2. The van der Waals surface area contributed by atoms with Crippen molar-refractivity contribution in [1.29, 1.82) is 0 Å². The molecule has 1 aromatic heterocycles. The fourth-order valence-electron chi connectivity index (χ4n) is 1.76. The summed E-state index contributed by atoms with van der Waals surface area (Å²) in [6.07, 6.45) is 1.85. The molecule has 2 rings (SSSR count). The summed E-state index contributed by atoms with van der Waals surface area (Å²) in [4.78, 5) is 10.5. The Hall–Kier alpha value is -1.92. The zero-order valence-corrected chi connectivity index (χ0v) is 11.1. The number of nitro groups is 1. The Balaban J connectivity index is 2.02. The summed E-state index contributed by atoms with van der Waals surface area (Å²) in [7, 11) is 1.84. The molecule has 0 unspecified atom stereocenters. The van der Waals surface area contributed by atoms with Crippen LogP contribution in [0.4, 0.5) is 5.69 Å². The minimum absolute atomic E-state index is 0.0675. The first kappa shape index (κ1) is 13.5. The molecule has 0 saturated heterocycles. The predicted molar refractivity (Wildman–Crippen MR) is 71.9 cm³/mol. The molecule has 0 aliphatic rings. The molecule has 7 heteroatoms. The minimum Gasteiger partial charge on any atom is -0.307 e. The van der Waals surface area contributed by atoms with Gasteiger partial charge in [-0.1, -0.05) is 11.6 Å². The van der Waals surface area contributed by atoms with Crippen molar-refractivity contribution in [3.63, 3.8) is 0 Å². The molecule has 1 aromatic carbocycles. The van der Waals surface area contributed by atoms with Crippen molar-refractivity contribution in [3.05, 3.63) is 56.9 Å². The number of hydrogen-bond acceptors (Lipinski definition) is 4. The highest BCUT2D eigenvalue weighted by molar-refractivity contribution is 6.30. The lowest BCUT2D eigenvalue weighted by Crippen LogP contribution is -2.14. The van der Waals surface area contributed by atoms with Crippen LogP contribution in [0.15, 0.2) is 30.5 Å². The van der Waals surface area contributed by atoms with Crippen molar-refractivity contribution in [3.8, 4) is 0 Å². The van der Waals surface area contributed by atoms with E-state index in [-0.39, 0.29) is 5.69 Å². The van der Waals surface area contributed by atoms with Crippen LogP contribution < -0.4 is 5.32 Å². The normalized spacial score (nSPS) is 10.6. The number of aromatic nitrogens is 2. The van der Waals surface area contributed by atoms with Crippen molar-refractivity contribution in [1.82, 2.24) is 15.1 Å². The molecule has 0 amide bonds. The van der Waals surface area contributed by atoms with Crippen LogP contribution in [0.5, 0.6) is 0 Å². The number of hydrogen-bond donors (Lipinski definition) is 1. The van der Waals surface area contributed by atoms with E-state index in [2.05, 4.69) is 10.4 Å². The van der Waals surface area contributed by atoms with Gasteiger partial charge >= 0.3 is 0 Å². The van der Waals surface area contributed by atoms with E-state index < -0.39 is 4.92 Å². The van der Waals surface area contributed by atoms with Gasteiger partial charge in [-0.05, 0) is 18.2 Å². The first-order chi connectivity index (χ1) is 9.06. The number of rotatable bonds is 5. The molecule has 1 heterocycles. The number of benzene rings is 1. The van der Waals surface area contributed by atoms with E-state index in [4.69, 9.17) is 11.6 Å². The summed E-state index contributed by atoms with van der Waals surface area (Å²) < 4.78 is 1.71. The second-order valence-corrected chi connectivity index (χ2v) is 4.55. The van der Waals surface area contributed by atoms with Gasteiger partial charge in [0, 0.05) is 43.0 Å². The summed E-state index contributed by atoms with van der Waals surface area (Å²) >= 11 is 5.85. The van der Waals surface area contributed by atoms with Gasteiger partial charge in [0.1, 0.15) is 0 Å². The number of nitro benzene ring substituents is 1. The zero-order chi connectivity index (χ0) is 13.8. The molecule has 100 valence electrons. The lowest BCUT2D eigenvalue weighted by atomic mass is 10.2. The minimum atomic E-state index is -0.409. The highest BCUT2D eigenvalue weighted by Gasteiger charge is 2.13. The molecule has 0 spiro atoms. The summed E-state index contributed by atoms with van der Waals surface area (Å²) in [6, 6.07) is 6.42. The van der Waals surface area contributed by atoms with Crippen LogP contribution in [0.25, 0.3) is 0 Å². The largest absolute Gasteiger partial charge is 0.307 e. The van der Waals surface area contributed by atoms with Crippen LogP contribution in [0, 0.1) is 10.1 Å². The molecule has 0 aliphatic heterocycles. The topological polar surface area (TPSA) is 73.0 Å². The molecule has 2 aromatic rings. The molecule has 19 heavy (non-hydrogen) atoms. The smallest absolute Gasteiger partial charge is 0.273 e. The third kappa shape index (κ3) is 3.52. The summed E-state index contributed by atoms with van der Waals surface area (Å²) in [5.41, 5.74) is 1.51. The van der Waals surface area contributed by atoms with Crippen molar-refractivity contribution in [2.24, 2.45) is 7.05 Å². The first-order valence-corrected chi connectivity index (χ1v) is 6.06. The van der Waals surface area contributed by atoms with E-state index in [1.165, 1.54) is 12.1 Å². The van der Waals surface area contributed by atoms with Gasteiger partial charge in [0.05, 0.1) is 10.6 Å². The van der Waals surface area contributed by atoms with Gasteiger partial charge in [0.15, 0.2) is 0 Å². The van der Waals surface area contributed by atoms with Crippen molar-refractivity contribution in [2.75, 3.05) is 0 Å². The predicted octanol–water partition coefficient (Wildman–Crippen LogP) is 2.27. The lowest BCUT2D eigenvalue weighted by molar-refractivity contribution is -0.385. The quantitative estimate of drug-likeness (QED) is 0.673. The second-order valence-electron chi connectivity index (χ2n) is 4.11. The molecule has 1 N–H and O–H groups in total. The summed E-state index contributed by atoms with van der Waals surface area (Å²) in [5.74, 6) is 0. The Kier molecular flexibility index (Phi) is 4.13. The van der Waals surface area contributed by atoms with E-state index >= 15 is 0 Å². The molecule has 6 nitrogen and oxygen atoms in total. The van der Waals surface area contributed by atoms with Crippen molar-refractivity contribution < 1.29 is 4.92 Å².